The molecule has 144 valence electrons. The zero-order chi connectivity index (χ0) is 19.3. The maximum absolute atomic E-state index is 12.6. The summed E-state index contributed by atoms with van der Waals surface area (Å²) in [4.78, 5) is 24.9. The Balaban J connectivity index is 2.19. The number of carbonyl (C=O) groups excluding carboxylic acids is 1. The van der Waals surface area contributed by atoms with Gasteiger partial charge in [-0.05, 0) is 30.2 Å². The Bertz CT molecular complexity index is 739. The summed E-state index contributed by atoms with van der Waals surface area (Å²) in [5, 5.41) is 9.00. The van der Waals surface area contributed by atoms with Crippen molar-refractivity contribution in [3.63, 3.8) is 0 Å². The summed E-state index contributed by atoms with van der Waals surface area (Å²) in [5.74, 6) is -1.42. The Kier molecular flexibility index (Phi) is 6.74. The summed E-state index contributed by atoms with van der Waals surface area (Å²) in [5.41, 5.74) is 0.257. The average molecular weight is 384 g/mol. The SMILES string of the molecule is CC(C)CN(CC(=O)O)C(=O)c1ccc(S(=O)(=O)N2CCOCC2)cc1. The van der Waals surface area contributed by atoms with Gasteiger partial charge in [0, 0.05) is 25.2 Å². The van der Waals surface area contributed by atoms with Crippen molar-refractivity contribution in [2.75, 3.05) is 39.4 Å². The molecule has 0 atom stereocenters. The topological polar surface area (TPSA) is 104 Å². The number of morpholine rings is 1. The molecule has 2 rings (SSSR count). The third kappa shape index (κ3) is 5.03. The van der Waals surface area contributed by atoms with E-state index in [-0.39, 0.29) is 16.4 Å². The Morgan fingerprint density at radius 2 is 1.77 bits per heavy atom. The second kappa shape index (κ2) is 8.61. The maximum Gasteiger partial charge on any atom is 0.323 e. The van der Waals surface area contributed by atoms with Crippen molar-refractivity contribution in [1.82, 2.24) is 9.21 Å². The molecule has 0 spiro atoms. The van der Waals surface area contributed by atoms with Gasteiger partial charge in [0.15, 0.2) is 0 Å². The fraction of sp³-hybridized carbons (Fsp3) is 0.529. The molecule has 1 heterocycles. The van der Waals surface area contributed by atoms with Crippen LogP contribution < -0.4 is 0 Å². The fourth-order valence-electron chi connectivity index (χ4n) is 2.71. The highest BCUT2D eigenvalue weighted by atomic mass is 32.2. The Morgan fingerprint density at radius 1 is 1.19 bits per heavy atom. The van der Waals surface area contributed by atoms with Crippen LogP contribution in [0.1, 0.15) is 24.2 Å². The molecular weight excluding hydrogens is 360 g/mol. The first kappa shape index (κ1) is 20.3. The van der Waals surface area contributed by atoms with E-state index in [2.05, 4.69) is 0 Å². The first-order chi connectivity index (χ1) is 12.2. The maximum atomic E-state index is 12.6. The van der Waals surface area contributed by atoms with Gasteiger partial charge in [-0.3, -0.25) is 9.59 Å². The number of benzene rings is 1. The highest BCUT2D eigenvalue weighted by Gasteiger charge is 2.27. The largest absolute Gasteiger partial charge is 0.480 e. The smallest absolute Gasteiger partial charge is 0.323 e. The lowest BCUT2D eigenvalue weighted by Crippen LogP contribution is -2.40. The standard InChI is InChI=1S/C17H24N2O6S/c1-13(2)11-18(12-16(20)21)17(22)14-3-5-15(6-4-14)26(23,24)19-7-9-25-10-8-19/h3-6,13H,7-12H2,1-2H3,(H,20,21). The molecule has 1 N–H and O–H groups in total. The minimum atomic E-state index is -3.63. The molecule has 0 aliphatic carbocycles. The summed E-state index contributed by atoms with van der Waals surface area (Å²) in [6.45, 7) is 4.99. The van der Waals surface area contributed by atoms with Gasteiger partial charge in [-0.1, -0.05) is 13.8 Å². The number of ether oxygens (including phenoxy) is 1. The summed E-state index contributed by atoms with van der Waals surface area (Å²) in [6, 6.07) is 5.61. The van der Waals surface area contributed by atoms with Gasteiger partial charge in [-0.2, -0.15) is 4.31 Å². The molecule has 1 aliphatic heterocycles. The van der Waals surface area contributed by atoms with E-state index in [1.165, 1.54) is 33.5 Å². The van der Waals surface area contributed by atoms with Crippen molar-refractivity contribution in [3.8, 4) is 0 Å². The van der Waals surface area contributed by atoms with E-state index in [9.17, 15) is 18.0 Å². The normalized spacial score (nSPS) is 15.8. The van der Waals surface area contributed by atoms with Crippen molar-refractivity contribution >= 4 is 21.9 Å². The number of sulfonamides is 1. The summed E-state index contributed by atoms with van der Waals surface area (Å²) < 4.78 is 31.7. The van der Waals surface area contributed by atoms with Crippen LogP contribution in [0.4, 0.5) is 0 Å². The predicted molar refractivity (Wildman–Crippen MR) is 94.4 cm³/mol. The zero-order valence-electron chi connectivity index (χ0n) is 14.9. The minimum absolute atomic E-state index is 0.101. The molecule has 1 aromatic rings. The molecule has 0 bridgehead atoms. The molecule has 0 unspecified atom stereocenters. The molecular formula is C17H24N2O6S. The Hall–Kier alpha value is -1.97. The Morgan fingerprint density at radius 3 is 2.27 bits per heavy atom. The number of nitrogens with zero attached hydrogens (tertiary/aromatic N) is 2. The predicted octanol–water partition coefficient (Wildman–Crippen LogP) is 0.890. The second-order valence-electron chi connectivity index (χ2n) is 6.51. The number of hydrogen-bond acceptors (Lipinski definition) is 5. The summed E-state index contributed by atoms with van der Waals surface area (Å²) in [6.07, 6.45) is 0. The molecule has 1 saturated heterocycles. The van der Waals surface area contributed by atoms with Gasteiger partial charge in [-0.25, -0.2) is 8.42 Å². The molecule has 1 fully saturated rings. The number of carbonyl (C=O) groups is 2. The van der Waals surface area contributed by atoms with Gasteiger partial charge in [0.25, 0.3) is 5.91 Å². The molecule has 26 heavy (non-hydrogen) atoms. The van der Waals surface area contributed by atoms with Crippen molar-refractivity contribution in [1.29, 1.82) is 0 Å². The third-order valence-electron chi connectivity index (χ3n) is 3.91. The van der Waals surface area contributed by atoms with Crippen molar-refractivity contribution < 1.29 is 27.9 Å². The number of rotatable bonds is 7. The number of hydrogen-bond donors (Lipinski definition) is 1. The van der Waals surface area contributed by atoms with E-state index in [0.717, 1.165) is 0 Å². The van der Waals surface area contributed by atoms with Crippen LogP contribution in [0, 0.1) is 5.92 Å². The van der Waals surface area contributed by atoms with Crippen LogP contribution in [0.15, 0.2) is 29.2 Å². The zero-order valence-corrected chi connectivity index (χ0v) is 15.7. The second-order valence-corrected chi connectivity index (χ2v) is 8.45. The first-order valence-corrected chi connectivity index (χ1v) is 9.85. The monoisotopic (exact) mass is 384 g/mol. The van der Waals surface area contributed by atoms with E-state index >= 15 is 0 Å². The van der Waals surface area contributed by atoms with Gasteiger partial charge in [0.1, 0.15) is 6.54 Å². The van der Waals surface area contributed by atoms with Crippen LogP contribution in [0.5, 0.6) is 0 Å². The minimum Gasteiger partial charge on any atom is -0.480 e. The average Bonchev–Trinajstić information content (AvgIpc) is 2.60. The van der Waals surface area contributed by atoms with Crippen LogP contribution in [0.2, 0.25) is 0 Å². The van der Waals surface area contributed by atoms with E-state index in [0.29, 0.717) is 32.8 Å². The third-order valence-corrected chi connectivity index (χ3v) is 5.82. The first-order valence-electron chi connectivity index (χ1n) is 8.41. The number of aliphatic carboxylic acids is 1. The highest BCUT2D eigenvalue weighted by Crippen LogP contribution is 2.18. The van der Waals surface area contributed by atoms with Gasteiger partial charge in [0.05, 0.1) is 18.1 Å². The van der Waals surface area contributed by atoms with E-state index < -0.39 is 28.4 Å². The molecule has 1 aromatic carbocycles. The van der Waals surface area contributed by atoms with E-state index in [1.54, 1.807) is 0 Å². The van der Waals surface area contributed by atoms with Crippen LogP contribution in [0.3, 0.4) is 0 Å². The molecule has 8 nitrogen and oxygen atoms in total. The molecule has 9 heteroatoms. The van der Waals surface area contributed by atoms with Crippen LogP contribution >= 0.6 is 0 Å². The lowest BCUT2D eigenvalue weighted by molar-refractivity contribution is -0.137. The highest BCUT2D eigenvalue weighted by molar-refractivity contribution is 7.89. The number of carboxylic acids is 1. The van der Waals surface area contributed by atoms with E-state index in [1.807, 2.05) is 13.8 Å². The molecule has 0 aromatic heterocycles. The lowest BCUT2D eigenvalue weighted by atomic mass is 10.1. The molecule has 0 radical (unpaired) electrons. The number of carboxylic acid groups (broad SMARTS) is 1. The van der Waals surface area contributed by atoms with Gasteiger partial charge < -0.3 is 14.7 Å². The number of amides is 1. The van der Waals surface area contributed by atoms with Crippen molar-refractivity contribution in [3.05, 3.63) is 29.8 Å². The van der Waals surface area contributed by atoms with E-state index in [4.69, 9.17) is 9.84 Å². The quantitative estimate of drug-likeness (QED) is 0.749. The van der Waals surface area contributed by atoms with Crippen molar-refractivity contribution in [2.45, 2.75) is 18.7 Å². The summed E-state index contributed by atoms with van der Waals surface area (Å²) >= 11 is 0. The fourth-order valence-corrected chi connectivity index (χ4v) is 4.12. The molecule has 1 aliphatic rings. The van der Waals surface area contributed by atoms with Gasteiger partial charge in [0.2, 0.25) is 10.0 Å². The van der Waals surface area contributed by atoms with Gasteiger partial charge in [-0.15, -0.1) is 0 Å². The van der Waals surface area contributed by atoms with Crippen molar-refractivity contribution in [2.24, 2.45) is 5.92 Å². The van der Waals surface area contributed by atoms with Crippen LogP contribution in [-0.4, -0.2) is 74.0 Å². The lowest BCUT2D eigenvalue weighted by Gasteiger charge is -2.26. The molecule has 0 saturated carbocycles. The summed E-state index contributed by atoms with van der Waals surface area (Å²) in [7, 11) is -3.63. The molecule has 1 amide bonds. The van der Waals surface area contributed by atoms with Crippen LogP contribution in [-0.2, 0) is 19.6 Å². The van der Waals surface area contributed by atoms with Crippen LogP contribution in [0.25, 0.3) is 0 Å². The Labute approximate surface area is 153 Å². The van der Waals surface area contributed by atoms with Gasteiger partial charge >= 0.3 is 5.97 Å².